The summed E-state index contributed by atoms with van der Waals surface area (Å²) in [5.74, 6) is -0.827. The van der Waals surface area contributed by atoms with Gasteiger partial charge in [0.15, 0.2) is 11.9 Å². The number of hydrogen-bond acceptors (Lipinski definition) is 7. The van der Waals surface area contributed by atoms with Crippen molar-refractivity contribution in [1.29, 1.82) is 0 Å². The second kappa shape index (κ2) is 9.67. The Morgan fingerprint density at radius 2 is 1.78 bits per heavy atom. The zero-order chi connectivity index (χ0) is 26.3. The molecule has 0 saturated carbocycles. The molecule has 36 heavy (non-hydrogen) atoms. The Morgan fingerprint density at radius 1 is 1.08 bits per heavy atom. The molecule has 0 aliphatic rings. The first-order chi connectivity index (χ1) is 16.8. The molecule has 3 aromatic heterocycles. The molecule has 0 spiro atoms. The van der Waals surface area contributed by atoms with Crippen LogP contribution >= 0.6 is 22.9 Å². The van der Waals surface area contributed by atoms with E-state index in [1.54, 1.807) is 0 Å². The number of pyridine rings is 1. The van der Waals surface area contributed by atoms with Gasteiger partial charge in [0.2, 0.25) is 0 Å². The number of thiazole rings is 1. The van der Waals surface area contributed by atoms with Crippen molar-refractivity contribution in [3.05, 3.63) is 73.9 Å². The Bertz CT molecular complexity index is 1430. The third-order valence-electron chi connectivity index (χ3n) is 4.83. The highest BCUT2D eigenvalue weighted by molar-refractivity contribution is 7.15. The van der Waals surface area contributed by atoms with Gasteiger partial charge in [-0.25, -0.2) is 14.8 Å². The maximum Gasteiger partial charge on any atom is 0.439 e. The Kier molecular flexibility index (Phi) is 6.94. The predicted molar refractivity (Wildman–Crippen MR) is 116 cm³/mol. The van der Waals surface area contributed by atoms with Crippen molar-refractivity contribution in [3.63, 3.8) is 0 Å². The van der Waals surface area contributed by atoms with Crippen LogP contribution in [0.3, 0.4) is 0 Å². The first-order valence-electron chi connectivity index (χ1n) is 9.88. The van der Waals surface area contributed by atoms with E-state index in [2.05, 4.69) is 24.6 Å². The molecule has 1 N–H and O–H groups in total. The number of nitrogens with zero attached hydrogens (tertiary/aromatic N) is 3. The molecule has 7 nitrogen and oxygen atoms in total. The molecule has 190 valence electrons. The van der Waals surface area contributed by atoms with Gasteiger partial charge in [0, 0.05) is 5.56 Å². The average Bonchev–Trinajstić information content (AvgIpc) is 3.38. The Labute approximate surface area is 206 Å². The summed E-state index contributed by atoms with van der Waals surface area (Å²) in [4.78, 5) is 21.2. The quantitative estimate of drug-likeness (QED) is 0.222. The summed E-state index contributed by atoms with van der Waals surface area (Å²) in [7, 11) is 0. The summed E-state index contributed by atoms with van der Waals surface area (Å²) in [6.07, 6.45) is -11.7. The molecule has 0 radical (unpaired) electrons. The molecule has 0 fully saturated rings. The zero-order valence-corrected chi connectivity index (χ0v) is 19.4. The number of ether oxygens (including phenoxy) is 1. The van der Waals surface area contributed by atoms with E-state index < -0.39 is 36.4 Å². The van der Waals surface area contributed by atoms with Crippen LogP contribution in [-0.2, 0) is 17.5 Å². The van der Waals surface area contributed by atoms with Crippen molar-refractivity contribution in [2.45, 2.75) is 32.0 Å². The van der Waals surface area contributed by atoms with Crippen LogP contribution in [0.4, 0.5) is 26.3 Å². The molecule has 0 amide bonds. The highest BCUT2D eigenvalue weighted by Gasteiger charge is 2.44. The van der Waals surface area contributed by atoms with Gasteiger partial charge in [-0.2, -0.15) is 26.3 Å². The molecule has 4 aromatic rings. The Hall–Kier alpha value is -3.23. The highest BCUT2D eigenvalue weighted by Crippen LogP contribution is 2.43. The summed E-state index contributed by atoms with van der Waals surface area (Å²) < 4.78 is 89.6. The fraction of sp³-hybridized carbons (Fsp3) is 0.238. The fourth-order valence-electron chi connectivity index (χ4n) is 3.14. The molecule has 15 heteroatoms. The summed E-state index contributed by atoms with van der Waals surface area (Å²) in [6.45, 7) is 0.774. The molecule has 1 aromatic carbocycles. The van der Waals surface area contributed by atoms with Crippen LogP contribution < -0.4 is 5.76 Å². The van der Waals surface area contributed by atoms with Crippen molar-refractivity contribution in [2.75, 3.05) is 0 Å². The second-order valence-electron chi connectivity index (χ2n) is 7.36. The lowest BCUT2D eigenvalue weighted by molar-refractivity contribution is -0.226. The topological polar surface area (TPSA) is 93.9 Å². The lowest BCUT2D eigenvalue weighted by atomic mass is 10.1. The minimum atomic E-state index is -4.82. The van der Waals surface area contributed by atoms with E-state index in [4.69, 9.17) is 16.3 Å². The largest absolute Gasteiger partial charge is 0.439 e. The molecule has 0 saturated heterocycles. The zero-order valence-electron chi connectivity index (χ0n) is 17.9. The molecule has 1 atom stereocenters. The molecular formula is C21H13ClF6N4O3S. The van der Waals surface area contributed by atoms with Crippen LogP contribution in [0, 0.1) is 6.92 Å². The van der Waals surface area contributed by atoms with E-state index in [0.29, 0.717) is 11.3 Å². The average molecular weight is 551 g/mol. The molecule has 1 unspecified atom stereocenters. The van der Waals surface area contributed by atoms with Crippen molar-refractivity contribution in [2.24, 2.45) is 0 Å². The third kappa shape index (κ3) is 5.60. The number of H-pyrrole nitrogens is 1. The predicted octanol–water partition coefficient (Wildman–Crippen LogP) is 6.35. The number of halogens is 7. The number of aromatic amines is 1. The number of alkyl halides is 6. The van der Waals surface area contributed by atoms with Crippen LogP contribution in [0.1, 0.15) is 27.9 Å². The van der Waals surface area contributed by atoms with Crippen molar-refractivity contribution in [3.8, 4) is 22.0 Å². The highest BCUT2D eigenvalue weighted by atomic mass is 35.5. The molecule has 0 aliphatic carbocycles. The molecular weight excluding hydrogens is 538 g/mol. The maximum atomic E-state index is 13.9. The lowest BCUT2D eigenvalue weighted by Gasteiger charge is -2.20. The van der Waals surface area contributed by atoms with Gasteiger partial charge in [-0.15, -0.1) is 11.3 Å². The normalized spacial score (nSPS) is 13.2. The maximum absolute atomic E-state index is 13.9. The number of nitrogens with one attached hydrogen (secondary N) is 1. The van der Waals surface area contributed by atoms with Crippen molar-refractivity contribution >= 4 is 22.9 Å². The van der Waals surface area contributed by atoms with Gasteiger partial charge in [0.1, 0.15) is 10.2 Å². The van der Waals surface area contributed by atoms with E-state index in [9.17, 15) is 31.1 Å². The summed E-state index contributed by atoms with van der Waals surface area (Å²) in [6, 6.07) is 6.67. The van der Waals surface area contributed by atoms with Crippen LogP contribution in [0.5, 0.6) is 0 Å². The molecule has 0 bridgehead atoms. The number of benzene rings is 1. The van der Waals surface area contributed by atoms with Gasteiger partial charge in [-0.3, -0.25) is 9.51 Å². The van der Waals surface area contributed by atoms with Gasteiger partial charge in [0.25, 0.3) is 0 Å². The van der Waals surface area contributed by atoms with E-state index in [1.165, 1.54) is 19.1 Å². The van der Waals surface area contributed by atoms with Gasteiger partial charge >= 0.3 is 18.1 Å². The van der Waals surface area contributed by atoms with Gasteiger partial charge in [-0.1, -0.05) is 28.9 Å². The van der Waals surface area contributed by atoms with E-state index in [-0.39, 0.29) is 43.4 Å². The van der Waals surface area contributed by atoms with E-state index in [1.807, 2.05) is 0 Å². The summed E-state index contributed by atoms with van der Waals surface area (Å²) in [5.41, 5.74) is -0.373. The van der Waals surface area contributed by atoms with Gasteiger partial charge in [0.05, 0.1) is 34.0 Å². The number of aromatic nitrogens is 4. The number of aryl methyl sites for hydroxylation is 1. The number of hydrogen-bond donors (Lipinski definition) is 1. The van der Waals surface area contributed by atoms with Gasteiger partial charge in [-0.05, 0) is 31.2 Å². The third-order valence-corrected chi connectivity index (χ3v) is 6.36. The SMILES string of the molecule is Cc1nc(-c2ccc(C(F)(F)F)cc2)sc1C(OCc1ccc(-c2noc(=O)[nH]2)c(Cl)n1)C(F)(F)F. The molecule has 4 rings (SSSR count). The first-order valence-corrected chi connectivity index (χ1v) is 11.1. The monoisotopic (exact) mass is 550 g/mol. The molecule has 0 aliphatic heterocycles. The second-order valence-corrected chi connectivity index (χ2v) is 8.75. The van der Waals surface area contributed by atoms with Crippen LogP contribution in [0.25, 0.3) is 22.0 Å². The summed E-state index contributed by atoms with van der Waals surface area (Å²) >= 11 is 6.73. The van der Waals surface area contributed by atoms with Crippen LogP contribution in [0.2, 0.25) is 5.15 Å². The van der Waals surface area contributed by atoms with Crippen LogP contribution in [-0.4, -0.2) is 26.3 Å². The van der Waals surface area contributed by atoms with E-state index in [0.717, 1.165) is 24.3 Å². The lowest BCUT2D eigenvalue weighted by Crippen LogP contribution is -2.23. The minimum Gasteiger partial charge on any atom is -0.357 e. The minimum absolute atomic E-state index is 0.00535. The standard InChI is InChI=1S/C21H13ClF6N4O3S/c1-9-14(36-18(29-9)10-2-4-11(5-3-10)20(23,24)25)15(21(26,27)28)34-8-12-6-7-13(16(22)30-12)17-31-19(33)35-32-17/h2-7,15H,8H2,1H3,(H,31,32,33). The Morgan fingerprint density at radius 3 is 2.33 bits per heavy atom. The number of rotatable bonds is 6. The Balaban J connectivity index is 1.56. The van der Waals surface area contributed by atoms with Crippen molar-refractivity contribution in [1.82, 2.24) is 20.1 Å². The fourth-order valence-corrected chi connectivity index (χ4v) is 4.55. The summed E-state index contributed by atoms with van der Waals surface area (Å²) in [5, 5.41) is 3.43. The van der Waals surface area contributed by atoms with Crippen molar-refractivity contribution < 1.29 is 35.6 Å². The molecule has 3 heterocycles. The van der Waals surface area contributed by atoms with Gasteiger partial charge < -0.3 is 4.74 Å². The van der Waals surface area contributed by atoms with Crippen LogP contribution in [0.15, 0.2) is 45.7 Å². The first kappa shape index (κ1) is 25.9. The smallest absolute Gasteiger partial charge is 0.357 e. The van der Waals surface area contributed by atoms with E-state index >= 15 is 0 Å².